The molecule has 1 heterocycles. The molecule has 10 heteroatoms. The number of nitrogens with one attached hydrogen (secondary N) is 1. The molecule has 2 aromatic rings. The number of urea groups is 1. The summed E-state index contributed by atoms with van der Waals surface area (Å²) in [6, 6.07) is 7.73. The predicted molar refractivity (Wildman–Crippen MR) is 117 cm³/mol. The van der Waals surface area contributed by atoms with Gasteiger partial charge in [0.25, 0.3) is 0 Å². The molecule has 1 aromatic heterocycles. The van der Waals surface area contributed by atoms with Gasteiger partial charge in [0.15, 0.2) is 11.6 Å². The Balaban J connectivity index is 1.91. The third-order valence-corrected chi connectivity index (χ3v) is 5.54. The van der Waals surface area contributed by atoms with Gasteiger partial charge in [-0.2, -0.15) is 8.78 Å². The Hall–Kier alpha value is -2.94. The van der Waals surface area contributed by atoms with Crippen LogP contribution in [0.4, 0.5) is 25.1 Å². The van der Waals surface area contributed by atoms with Crippen molar-refractivity contribution in [2.75, 3.05) is 10.2 Å². The Morgan fingerprint density at radius 1 is 1.31 bits per heavy atom. The number of carboxylic acids is 1. The maximum atomic E-state index is 13.4. The van der Waals surface area contributed by atoms with Gasteiger partial charge in [-0.1, -0.05) is 43.6 Å². The second-order valence-corrected chi connectivity index (χ2v) is 8.42. The zero-order valence-electron chi connectivity index (χ0n) is 17.6. The molecule has 3 rings (SSSR count). The van der Waals surface area contributed by atoms with Crippen molar-refractivity contribution < 1.29 is 28.2 Å². The Labute approximate surface area is 189 Å². The van der Waals surface area contributed by atoms with E-state index in [4.69, 9.17) is 16.7 Å². The van der Waals surface area contributed by atoms with E-state index in [2.05, 4.69) is 15.0 Å². The van der Waals surface area contributed by atoms with E-state index in [1.54, 1.807) is 11.0 Å². The highest BCUT2D eigenvalue weighted by Gasteiger charge is 2.39. The van der Waals surface area contributed by atoms with Crippen LogP contribution in [0.2, 0.25) is 5.02 Å². The molecule has 1 aromatic carbocycles. The molecule has 32 heavy (non-hydrogen) atoms. The summed E-state index contributed by atoms with van der Waals surface area (Å²) in [5.41, 5.74) is 1.60. The number of carbonyl (C=O) groups excluding carboxylic acids is 1. The first-order valence-corrected chi connectivity index (χ1v) is 10.5. The molecule has 1 fully saturated rings. The standard InChI is InChI=1S/C22H24ClF2N3O4/c1-12(2)16-5-3-4-6-17(16)28(15-7-13(8-15)9-19(29)30)22(31)27-20-18(32-21(24)25)10-14(23)11-26-20/h3-6,10-13,15,21H,7-9H2,1-2H3,(H,29,30)(H,26,27,31). The van der Waals surface area contributed by atoms with Gasteiger partial charge in [-0.15, -0.1) is 0 Å². The first-order valence-electron chi connectivity index (χ1n) is 10.2. The molecule has 0 atom stereocenters. The van der Waals surface area contributed by atoms with E-state index in [0.717, 1.165) is 11.6 Å². The van der Waals surface area contributed by atoms with E-state index in [1.165, 1.54) is 6.20 Å². The summed E-state index contributed by atoms with van der Waals surface area (Å²) >= 11 is 5.83. The molecule has 0 aliphatic heterocycles. The van der Waals surface area contributed by atoms with Gasteiger partial charge in [0.1, 0.15) is 0 Å². The fourth-order valence-corrected chi connectivity index (χ4v) is 4.00. The zero-order valence-corrected chi connectivity index (χ0v) is 18.4. The fraction of sp³-hybridized carbons (Fsp3) is 0.409. The fourth-order valence-electron chi connectivity index (χ4n) is 3.85. The highest BCUT2D eigenvalue weighted by atomic mass is 35.5. The average Bonchev–Trinajstić information content (AvgIpc) is 2.68. The number of halogens is 3. The average molecular weight is 468 g/mol. The lowest BCUT2D eigenvalue weighted by Gasteiger charge is -2.43. The van der Waals surface area contributed by atoms with Crippen molar-refractivity contribution in [3.63, 3.8) is 0 Å². The molecule has 1 aliphatic rings. The van der Waals surface area contributed by atoms with Crippen molar-refractivity contribution in [2.45, 2.75) is 51.7 Å². The number of carboxylic acid groups (broad SMARTS) is 1. The zero-order chi connectivity index (χ0) is 23.4. The van der Waals surface area contributed by atoms with Gasteiger partial charge in [0.05, 0.1) is 5.02 Å². The van der Waals surface area contributed by atoms with Crippen molar-refractivity contribution in [3.05, 3.63) is 47.1 Å². The van der Waals surface area contributed by atoms with Gasteiger partial charge >= 0.3 is 18.6 Å². The molecule has 2 amide bonds. The molecule has 0 saturated heterocycles. The number of nitrogens with zero attached hydrogens (tertiary/aromatic N) is 2. The third-order valence-electron chi connectivity index (χ3n) is 5.34. The molecule has 172 valence electrons. The van der Waals surface area contributed by atoms with Crippen LogP contribution >= 0.6 is 11.6 Å². The van der Waals surface area contributed by atoms with Gasteiger partial charge in [-0.25, -0.2) is 9.78 Å². The van der Waals surface area contributed by atoms with E-state index < -0.39 is 18.6 Å². The number of aromatic nitrogens is 1. The number of benzene rings is 1. The van der Waals surface area contributed by atoms with Gasteiger partial charge in [-0.3, -0.25) is 15.0 Å². The van der Waals surface area contributed by atoms with Crippen molar-refractivity contribution >= 4 is 35.1 Å². The Morgan fingerprint density at radius 3 is 2.62 bits per heavy atom. The molecule has 0 bridgehead atoms. The van der Waals surface area contributed by atoms with Crippen molar-refractivity contribution in [1.29, 1.82) is 0 Å². The monoisotopic (exact) mass is 467 g/mol. The molecular weight excluding hydrogens is 444 g/mol. The molecule has 0 unspecified atom stereocenters. The number of alkyl halides is 2. The molecule has 1 aliphatic carbocycles. The topological polar surface area (TPSA) is 91.8 Å². The van der Waals surface area contributed by atoms with E-state index >= 15 is 0 Å². The second-order valence-electron chi connectivity index (χ2n) is 7.98. The number of aliphatic carboxylic acids is 1. The number of hydrogen-bond acceptors (Lipinski definition) is 4. The maximum Gasteiger partial charge on any atom is 0.387 e. The van der Waals surface area contributed by atoms with Gasteiger partial charge in [0, 0.05) is 30.4 Å². The second kappa shape index (κ2) is 10.1. The molecular formula is C22H24ClF2N3O4. The van der Waals surface area contributed by atoms with Crippen molar-refractivity contribution in [2.24, 2.45) is 5.92 Å². The lowest BCUT2D eigenvalue weighted by atomic mass is 9.77. The van der Waals surface area contributed by atoms with Crippen LogP contribution in [-0.2, 0) is 4.79 Å². The number of para-hydroxylation sites is 1. The van der Waals surface area contributed by atoms with Crippen molar-refractivity contribution in [1.82, 2.24) is 4.98 Å². The molecule has 0 spiro atoms. The van der Waals surface area contributed by atoms with Crippen molar-refractivity contribution in [3.8, 4) is 5.75 Å². The Morgan fingerprint density at radius 2 is 2.00 bits per heavy atom. The quantitative estimate of drug-likeness (QED) is 0.515. The number of ether oxygens (including phenoxy) is 1. The largest absolute Gasteiger partial charge is 0.481 e. The number of hydrogen-bond donors (Lipinski definition) is 2. The van der Waals surface area contributed by atoms with E-state index in [1.807, 2.05) is 32.0 Å². The third kappa shape index (κ3) is 5.64. The van der Waals surface area contributed by atoms with E-state index in [0.29, 0.717) is 18.5 Å². The normalized spacial score (nSPS) is 17.7. The van der Waals surface area contributed by atoms with Gasteiger partial charge < -0.3 is 9.84 Å². The molecule has 7 nitrogen and oxygen atoms in total. The minimum absolute atomic E-state index is 0.0307. The summed E-state index contributed by atoms with van der Waals surface area (Å²) in [5, 5.41) is 11.7. The van der Waals surface area contributed by atoms with Gasteiger partial charge in [-0.05, 0) is 36.3 Å². The molecule has 1 saturated carbocycles. The number of rotatable bonds is 8. The number of pyridine rings is 1. The first-order chi connectivity index (χ1) is 15.2. The maximum absolute atomic E-state index is 13.4. The van der Waals surface area contributed by atoms with Crippen LogP contribution < -0.4 is 15.0 Å². The summed E-state index contributed by atoms with van der Waals surface area (Å²) in [7, 11) is 0. The Bertz CT molecular complexity index is 983. The summed E-state index contributed by atoms with van der Waals surface area (Å²) in [4.78, 5) is 29.9. The minimum Gasteiger partial charge on any atom is -0.481 e. The van der Waals surface area contributed by atoms with E-state index in [-0.39, 0.29) is 40.9 Å². The van der Waals surface area contributed by atoms with Gasteiger partial charge in [0.2, 0.25) is 0 Å². The highest BCUT2D eigenvalue weighted by molar-refractivity contribution is 6.30. The first kappa shape index (κ1) is 23.7. The van der Waals surface area contributed by atoms with Crippen LogP contribution in [0.1, 0.15) is 44.6 Å². The van der Waals surface area contributed by atoms with Crippen LogP contribution in [0.5, 0.6) is 5.75 Å². The lowest BCUT2D eigenvalue weighted by Crippen LogP contribution is -2.50. The SMILES string of the molecule is CC(C)c1ccccc1N(C(=O)Nc1ncc(Cl)cc1OC(F)F)C1CC(CC(=O)O)C1. The van der Waals surface area contributed by atoms with Crippen LogP contribution in [0.3, 0.4) is 0 Å². The summed E-state index contributed by atoms with van der Waals surface area (Å²) in [6.45, 7) is 0.878. The molecule has 0 radical (unpaired) electrons. The van der Waals surface area contributed by atoms with Crippen LogP contribution in [0.15, 0.2) is 36.5 Å². The Kier molecular flexibility index (Phi) is 7.50. The molecule has 2 N–H and O–H groups in total. The highest BCUT2D eigenvalue weighted by Crippen LogP contribution is 2.40. The van der Waals surface area contributed by atoms with Crippen LogP contribution in [0.25, 0.3) is 0 Å². The van der Waals surface area contributed by atoms with Crippen LogP contribution in [0, 0.1) is 5.92 Å². The lowest BCUT2D eigenvalue weighted by molar-refractivity contribution is -0.138. The summed E-state index contributed by atoms with van der Waals surface area (Å²) < 4.78 is 30.1. The van der Waals surface area contributed by atoms with E-state index in [9.17, 15) is 18.4 Å². The predicted octanol–water partition coefficient (Wildman–Crippen LogP) is 5.75. The number of carbonyl (C=O) groups is 2. The number of amides is 2. The summed E-state index contributed by atoms with van der Waals surface area (Å²) in [6.07, 6.45) is 2.28. The summed E-state index contributed by atoms with van der Waals surface area (Å²) in [5.74, 6) is -1.34. The minimum atomic E-state index is -3.12. The number of anilines is 2. The van der Waals surface area contributed by atoms with Crippen LogP contribution in [-0.4, -0.2) is 34.7 Å². The smallest absolute Gasteiger partial charge is 0.387 e.